The van der Waals surface area contributed by atoms with E-state index in [0.717, 1.165) is 5.56 Å². The number of nitrogens with one attached hydrogen (secondary N) is 1. The largest absolute Gasteiger partial charge is 0.298 e. The van der Waals surface area contributed by atoms with Crippen LogP contribution in [0.4, 0.5) is 0 Å². The summed E-state index contributed by atoms with van der Waals surface area (Å²) >= 11 is 0. The highest BCUT2D eigenvalue weighted by molar-refractivity contribution is 5.03. The lowest BCUT2D eigenvalue weighted by Gasteiger charge is -2.02. The van der Waals surface area contributed by atoms with Gasteiger partial charge in [-0.1, -0.05) is 0 Å². The Hall–Kier alpha value is -1.34. The topological polar surface area (TPSA) is 53.6 Å². The van der Waals surface area contributed by atoms with Crippen LogP contribution in [0.25, 0.3) is 0 Å². The minimum absolute atomic E-state index is 0.106. The molecule has 0 aromatic carbocycles. The zero-order valence-corrected chi connectivity index (χ0v) is 7.28. The number of aromatic nitrogens is 2. The third-order valence-corrected chi connectivity index (χ3v) is 1.56. The van der Waals surface area contributed by atoms with Crippen molar-refractivity contribution in [2.45, 2.75) is 19.5 Å². The van der Waals surface area contributed by atoms with Crippen molar-refractivity contribution < 1.29 is 0 Å². The Morgan fingerprint density at radius 3 is 3.08 bits per heavy atom. The van der Waals surface area contributed by atoms with Gasteiger partial charge in [-0.15, -0.1) is 0 Å². The van der Waals surface area contributed by atoms with Crippen LogP contribution < -0.4 is 5.32 Å². The van der Waals surface area contributed by atoms with Gasteiger partial charge in [-0.2, -0.15) is 10.4 Å². The third kappa shape index (κ3) is 2.36. The minimum atomic E-state index is -0.106. The molecule has 1 N–H and O–H groups in total. The van der Waals surface area contributed by atoms with Crippen molar-refractivity contribution in [3.05, 3.63) is 18.0 Å². The molecule has 12 heavy (non-hydrogen) atoms. The fourth-order valence-corrected chi connectivity index (χ4v) is 0.880. The number of nitrogens with zero attached hydrogens (tertiary/aromatic N) is 3. The summed E-state index contributed by atoms with van der Waals surface area (Å²) in [5.41, 5.74) is 1.10. The molecule has 0 aliphatic carbocycles. The molecule has 0 fully saturated rings. The predicted octanol–water partition coefficient (Wildman–Crippen LogP) is 0.422. The Morgan fingerprint density at radius 2 is 2.58 bits per heavy atom. The Labute approximate surface area is 71.8 Å². The van der Waals surface area contributed by atoms with Crippen LogP contribution in [0, 0.1) is 11.3 Å². The SMILES string of the molecule is CC(C#N)NCc1cnn(C)c1. The average Bonchev–Trinajstić information content (AvgIpc) is 2.47. The quantitative estimate of drug-likeness (QED) is 0.704. The van der Waals surface area contributed by atoms with E-state index < -0.39 is 0 Å². The lowest BCUT2D eigenvalue weighted by atomic mass is 10.3. The molecule has 0 saturated carbocycles. The first-order chi connectivity index (χ1) is 5.72. The van der Waals surface area contributed by atoms with Crippen LogP contribution in [-0.2, 0) is 13.6 Å². The molecule has 0 amide bonds. The normalized spacial score (nSPS) is 12.4. The summed E-state index contributed by atoms with van der Waals surface area (Å²) < 4.78 is 1.74. The maximum Gasteiger partial charge on any atom is 0.0927 e. The van der Waals surface area contributed by atoms with Crippen molar-refractivity contribution in [3.63, 3.8) is 0 Å². The minimum Gasteiger partial charge on any atom is -0.298 e. The van der Waals surface area contributed by atoms with E-state index in [1.807, 2.05) is 20.2 Å². The summed E-state index contributed by atoms with van der Waals surface area (Å²) in [4.78, 5) is 0. The Bertz CT molecular complexity index is 283. The van der Waals surface area contributed by atoms with E-state index in [0.29, 0.717) is 6.54 Å². The number of hydrogen-bond donors (Lipinski definition) is 1. The van der Waals surface area contributed by atoms with Gasteiger partial charge >= 0.3 is 0 Å². The summed E-state index contributed by atoms with van der Waals surface area (Å²) in [6.45, 7) is 2.53. The highest BCUT2D eigenvalue weighted by atomic mass is 15.2. The molecule has 0 radical (unpaired) electrons. The second-order valence-electron chi connectivity index (χ2n) is 2.75. The van der Waals surface area contributed by atoms with E-state index in [1.54, 1.807) is 10.9 Å². The zero-order chi connectivity index (χ0) is 8.97. The van der Waals surface area contributed by atoms with Crippen molar-refractivity contribution in [3.8, 4) is 6.07 Å². The van der Waals surface area contributed by atoms with Crippen molar-refractivity contribution in [2.75, 3.05) is 0 Å². The van der Waals surface area contributed by atoms with Crippen LogP contribution in [0.3, 0.4) is 0 Å². The van der Waals surface area contributed by atoms with Gasteiger partial charge in [-0.3, -0.25) is 10.00 Å². The second-order valence-corrected chi connectivity index (χ2v) is 2.75. The lowest BCUT2D eigenvalue weighted by molar-refractivity contribution is 0.641. The summed E-state index contributed by atoms with van der Waals surface area (Å²) in [6.07, 6.45) is 3.72. The van der Waals surface area contributed by atoms with Gasteiger partial charge in [0.1, 0.15) is 0 Å². The molecule has 1 heterocycles. The molecule has 4 heteroatoms. The number of aryl methyl sites for hydroxylation is 1. The molecule has 64 valence electrons. The summed E-state index contributed by atoms with van der Waals surface area (Å²) in [5.74, 6) is 0. The molecule has 1 rings (SSSR count). The van der Waals surface area contributed by atoms with Crippen LogP contribution in [-0.4, -0.2) is 15.8 Å². The molecule has 0 aliphatic heterocycles. The van der Waals surface area contributed by atoms with Crippen molar-refractivity contribution in [2.24, 2.45) is 7.05 Å². The maximum atomic E-state index is 8.48. The van der Waals surface area contributed by atoms with E-state index in [1.165, 1.54) is 0 Å². The maximum absolute atomic E-state index is 8.48. The fraction of sp³-hybridized carbons (Fsp3) is 0.500. The van der Waals surface area contributed by atoms with Crippen LogP contribution >= 0.6 is 0 Å². The van der Waals surface area contributed by atoms with Crippen molar-refractivity contribution in [1.82, 2.24) is 15.1 Å². The van der Waals surface area contributed by atoms with Gasteiger partial charge < -0.3 is 0 Å². The van der Waals surface area contributed by atoms with Gasteiger partial charge in [0.05, 0.1) is 18.3 Å². The molecule has 0 spiro atoms. The lowest BCUT2D eigenvalue weighted by Crippen LogP contribution is -2.23. The molecule has 1 atom stereocenters. The van der Waals surface area contributed by atoms with Crippen LogP contribution in [0.2, 0.25) is 0 Å². The first-order valence-electron chi connectivity index (χ1n) is 3.83. The highest BCUT2D eigenvalue weighted by Crippen LogP contribution is 1.95. The van der Waals surface area contributed by atoms with Crippen LogP contribution in [0.5, 0.6) is 0 Å². The third-order valence-electron chi connectivity index (χ3n) is 1.56. The molecule has 1 aromatic heterocycles. The molecule has 0 bridgehead atoms. The molecule has 4 nitrogen and oxygen atoms in total. The number of hydrogen-bond acceptors (Lipinski definition) is 3. The second kappa shape index (κ2) is 3.88. The predicted molar refractivity (Wildman–Crippen MR) is 45.1 cm³/mol. The highest BCUT2D eigenvalue weighted by Gasteiger charge is 1.99. The Balaban J connectivity index is 2.39. The molecule has 0 saturated heterocycles. The first kappa shape index (κ1) is 8.75. The van der Waals surface area contributed by atoms with Crippen molar-refractivity contribution in [1.29, 1.82) is 5.26 Å². The number of nitriles is 1. The van der Waals surface area contributed by atoms with E-state index in [4.69, 9.17) is 5.26 Å². The Morgan fingerprint density at radius 1 is 1.83 bits per heavy atom. The summed E-state index contributed by atoms with van der Waals surface area (Å²) in [6, 6.07) is 2.00. The molecule has 1 unspecified atom stereocenters. The average molecular weight is 164 g/mol. The molecular formula is C8H12N4. The van der Waals surface area contributed by atoms with Gasteiger partial charge in [0, 0.05) is 25.4 Å². The van der Waals surface area contributed by atoms with E-state index >= 15 is 0 Å². The van der Waals surface area contributed by atoms with E-state index in [2.05, 4.69) is 16.5 Å². The smallest absolute Gasteiger partial charge is 0.0927 e. The van der Waals surface area contributed by atoms with Crippen LogP contribution in [0.15, 0.2) is 12.4 Å². The van der Waals surface area contributed by atoms with Gasteiger partial charge in [0.15, 0.2) is 0 Å². The monoisotopic (exact) mass is 164 g/mol. The summed E-state index contributed by atoms with van der Waals surface area (Å²) in [7, 11) is 1.87. The molecular weight excluding hydrogens is 152 g/mol. The van der Waals surface area contributed by atoms with E-state index in [9.17, 15) is 0 Å². The van der Waals surface area contributed by atoms with E-state index in [-0.39, 0.29) is 6.04 Å². The van der Waals surface area contributed by atoms with Gasteiger partial charge in [-0.05, 0) is 6.92 Å². The zero-order valence-electron chi connectivity index (χ0n) is 7.28. The Kier molecular flexibility index (Phi) is 2.83. The standard InChI is InChI=1S/C8H12N4/c1-7(3-9)10-4-8-5-11-12(2)6-8/h5-7,10H,4H2,1-2H3. The number of rotatable bonds is 3. The van der Waals surface area contributed by atoms with Crippen LogP contribution in [0.1, 0.15) is 12.5 Å². The van der Waals surface area contributed by atoms with Gasteiger partial charge in [0.2, 0.25) is 0 Å². The molecule has 1 aromatic rings. The van der Waals surface area contributed by atoms with Gasteiger partial charge in [-0.25, -0.2) is 0 Å². The first-order valence-corrected chi connectivity index (χ1v) is 3.83. The fourth-order valence-electron chi connectivity index (χ4n) is 0.880. The van der Waals surface area contributed by atoms with Crippen molar-refractivity contribution >= 4 is 0 Å². The molecule has 0 aliphatic rings. The summed E-state index contributed by atoms with van der Waals surface area (Å²) in [5, 5.41) is 15.5. The van der Waals surface area contributed by atoms with Gasteiger partial charge in [0.25, 0.3) is 0 Å².